The molecular formula is C22H28ClNO. The maximum atomic E-state index is 6.54. The SMILES string of the molecule is C=C1OCC/C=C/CC/C=C/C(=N\CCC)Cc2c(Cl)ccc(C)c21. The summed E-state index contributed by atoms with van der Waals surface area (Å²) in [4.78, 5) is 4.75. The Morgan fingerprint density at radius 1 is 1.16 bits per heavy atom. The number of aliphatic imine (C=N–C) groups is 1. The molecule has 1 aliphatic heterocycles. The van der Waals surface area contributed by atoms with E-state index in [2.05, 4.69) is 44.7 Å². The van der Waals surface area contributed by atoms with Gasteiger partial charge in [0.2, 0.25) is 0 Å². The summed E-state index contributed by atoms with van der Waals surface area (Å²) in [6.45, 7) is 9.83. The van der Waals surface area contributed by atoms with Crippen LogP contribution in [0.1, 0.15) is 49.3 Å². The van der Waals surface area contributed by atoms with Gasteiger partial charge < -0.3 is 4.74 Å². The first-order valence-corrected chi connectivity index (χ1v) is 9.46. The van der Waals surface area contributed by atoms with Crippen LogP contribution in [0.25, 0.3) is 5.76 Å². The first kappa shape index (κ1) is 19.5. The molecule has 0 aliphatic carbocycles. The Labute approximate surface area is 157 Å². The molecule has 134 valence electrons. The maximum Gasteiger partial charge on any atom is 0.119 e. The summed E-state index contributed by atoms with van der Waals surface area (Å²) >= 11 is 6.54. The molecule has 0 amide bonds. The lowest BCUT2D eigenvalue weighted by Crippen LogP contribution is -2.08. The molecule has 3 heteroatoms. The maximum absolute atomic E-state index is 6.54. The van der Waals surface area contributed by atoms with E-state index in [1.165, 1.54) is 0 Å². The van der Waals surface area contributed by atoms with E-state index < -0.39 is 0 Å². The topological polar surface area (TPSA) is 21.6 Å². The van der Waals surface area contributed by atoms with Gasteiger partial charge in [-0.1, -0.05) is 49.4 Å². The molecule has 1 heterocycles. The van der Waals surface area contributed by atoms with Gasteiger partial charge >= 0.3 is 0 Å². The van der Waals surface area contributed by atoms with E-state index in [1.54, 1.807) is 0 Å². The number of aryl methyl sites for hydroxylation is 1. The van der Waals surface area contributed by atoms with E-state index in [0.29, 0.717) is 18.8 Å². The summed E-state index contributed by atoms with van der Waals surface area (Å²) in [6, 6.07) is 3.98. The van der Waals surface area contributed by atoms with E-state index in [1.807, 2.05) is 12.1 Å². The fourth-order valence-corrected chi connectivity index (χ4v) is 3.10. The van der Waals surface area contributed by atoms with Gasteiger partial charge in [0.15, 0.2) is 0 Å². The zero-order valence-corrected chi connectivity index (χ0v) is 16.1. The molecular weight excluding hydrogens is 330 g/mol. The second-order valence-corrected chi connectivity index (χ2v) is 6.69. The average Bonchev–Trinajstić information content (AvgIpc) is 2.60. The first-order chi connectivity index (χ1) is 12.1. The molecule has 0 bridgehead atoms. The molecule has 1 aromatic rings. The molecule has 1 aromatic carbocycles. The minimum atomic E-state index is 0.632. The number of ether oxygens (including phenoxy) is 1. The first-order valence-electron chi connectivity index (χ1n) is 9.08. The largest absolute Gasteiger partial charge is 0.493 e. The predicted octanol–water partition coefficient (Wildman–Crippen LogP) is 6.33. The zero-order valence-electron chi connectivity index (χ0n) is 15.4. The highest BCUT2D eigenvalue weighted by atomic mass is 35.5. The monoisotopic (exact) mass is 357 g/mol. The Kier molecular flexibility index (Phi) is 8.00. The van der Waals surface area contributed by atoms with Crippen LogP contribution in [0.3, 0.4) is 0 Å². The lowest BCUT2D eigenvalue weighted by molar-refractivity contribution is 0.284. The number of fused-ring (bicyclic) bond motifs is 1. The minimum absolute atomic E-state index is 0.632. The molecule has 2 rings (SSSR count). The smallest absolute Gasteiger partial charge is 0.119 e. The third-order valence-electron chi connectivity index (χ3n) is 4.18. The lowest BCUT2D eigenvalue weighted by Gasteiger charge is -2.17. The van der Waals surface area contributed by atoms with Crippen molar-refractivity contribution in [3.8, 4) is 0 Å². The summed E-state index contributed by atoms with van der Waals surface area (Å²) in [5.74, 6) is 0.694. The number of halogens is 1. The summed E-state index contributed by atoms with van der Waals surface area (Å²) in [5.41, 5.74) is 4.26. The van der Waals surface area contributed by atoms with E-state index in [4.69, 9.17) is 21.3 Å². The normalized spacial score (nSPS) is 20.4. The fourth-order valence-electron chi connectivity index (χ4n) is 2.87. The minimum Gasteiger partial charge on any atom is -0.493 e. The van der Waals surface area contributed by atoms with Crippen LogP contribution in [0.5, 0.6) is 0 Å². The quantitative estimate of drug-likeness (QED) is 0.567. The fraction of sp³-hybridized carbons (Fsp3) is 0.409. The summed E-state index contributed by atoms with van der Waals surface area (Å²) in [5, 5.41) is 0.745. The Balaban J connectivity index is 2.44. The van der Waals surface area contributed by atoms with Crippen LogP contribution in [0, 0.1) is 6.92 Å². The number of rotatable bonds is 2. The highest BCUT2D eigenvalue weighted by molar-refractivity contribution is 6.32. The molecule has 0 radical (unpaired) electrons. The van der Waals surface area contributed by atoms with Crippen molar-refractivity contribution in [1.29, 1.82) is 0 Å². The van der Waals surface area contributed by atoms with Gasteiger partial charge in [0, 0.05) is 29.3 Å². The van der Waals surface area contributed by atoms with Crippen LogP contribution in [0.2, 0.25) is 5.02 Å². The molecule has 1 aliphatic rings. The van der Waals surface area contributed by atoms with Crippen LogP contribution in [-0.2, 0) is 11.2 Å². The van der Waals surface area contributed by atoms with Gasteiger partial charge in [-0.25, -0.2) is 0 Å². The Bertz CT molecular complexity index is 686. The zero-order chi connectivity index (χ0) is 18.1. The van der Waals surface area contributed by atoms with Crippen molar-refractivity contribution in [2.45, 2.75) is 46.0 Å². The molecule has 0 unspecified atom stereocenters. The summed E-state index contributed by atoms with van der Waals surface area (Å²) in [7, 11) is 0. The van der Waals surface area contributed by atoms with Gasteiger partial charge in [0.05, 0.1) is 6.61 Å². The van der Waals surface area contributed by atoms with Gasteiger partial charge in [-0.3, -0.25) is 4.99 Å². The number of hydrogen-bond donors (Lipinski definition) is 0. The number of hydrogen-bond acceptors (Lipinski definition) is 2. The Morgan fingerprint density at radius 2 is 1.92 bits per heavy atom. The molecule has 0 atom stereocenters. The number of nitrogens with zero attached hydrogens (tertiary/aromatic N) is 1. The number of benzene rings is 1. The molecule has 0 spiro atoms. The van der Waals surface area contributed by atoms with E-state index in [-0.39, 0.29) is 0 Å². The lowest BCUT2D eigenvalue weighted by atomic mass is 9.96. The Hall–Kier alpha value is -1.80. The third-order valence-corrected chi connectivity index (χ3v) is 4.53. The van der Waals surface area contributed by atoms with Crippen molar-refractivity contribution in [2.24, 2.45) is 4.99 Å². The predicted molar refractivity (Wildman–Crippen MR) is 110 cm³/mol. The highest BCUT2D eigenvalue weighted by Gasteiger charge is 2.15. The average molecular weight is 358 g/mol. The van der Waals surface area contributed by atoms with Crippen LogP contribution in [0.4, 0.5) is 0 Å². The molecule has 0 N–H and O–H groups in total. The van der Waals surface area contributed by atoms with E-state index in [9.17, 15) is 0 Å². The van der Waals surface area contributed by atoms with Crippen molar-refractivity contribution >= 4 is 23.1 Å². The molecule has 0 saturated carbocycles. The van der Waals surface area contributed by atoms with Gasteiger partial charge in [0.1, 0.15) is 5.76 Å². The van der Waals surface area contributed by atoms with E-state index in [0.717, 1.165) is 59.7 Å². The van der Waals surface area contributed by atoms with Crippen LogP contribution in [0.15, 0.2) is 48.0 Å². The van der Waals surface area contributed by atoms with Gasteiger partial charge in [0.25, 0.3) is 0 Å². The van der Waals surface area contributed by atoms with Gasteiger partial charge in [-0.15, -0.1) is 0 Å². The summed E-state index contributed by atoms with van der Waals surface area (Å²) in [6.07, 6.45) is 13.4. The molecule has 0 saturated heterocycles. The van der Waals surface area contributed by atoms with Crippen LogP contribution < -0.4 is 0 Å². The standard InChI is InChI=1S/C22H28ClNO/c1-4-14-24-19-11-9-7-5-6-8-10-15-25-18(3)22-17(2)12-13-21(23)20(22)16-19/h6,8-9,11-13H,3-5,7,10,14-16H2,1-2H3/b8-6+,11-9+,24-19+. The van der Waals surface area contributed by atoms with E-state index >= 15 is 0 Å². The third kappa shape index (κ3) is 5.89. The summed E-state index contributed by atoms with van der Waals surface area (Å²) < 4.78 is 5.90. The Morgan fingerprint density at radius 3 is 2.72 bits per heavy atom. The van der Waals surface area contributed by atoms with Crippen LogP contribution in [-0.4, -0.2) is 18.9 Å². The molecule has 0 aromatic heterocycles. The van der Waals surface area contributed by atoms with Crippen molar-refractivity contribution in [3.05, 3.63) is 64.7 Å². The van der Waals surface area contributed by atoms with Crippen LogP contribution >= 0.6 is 11.6 Å². The molecule has 25 heavy (non-hydrogen) atoms. The van der Waals surface area contributed by atoms with Crippen molar-refractivity contribution in [3.63, 3.8) is 0 Å². The van der Waals surface area contributed by atoms with Gasteiger partial charge in [-0.05, 0) is 55.9 Å². The second kappa shape index (κ2) is 10.2. The molecule has 2 nitrogen and oxygen atoms in total. The van der Waals surface area contributed by atoms with Gasteiger partial charge in [-0.2, -0.15) is 0 Å². The second-order valence-electron chi connectivity index (χ2n) is 6.28. The van der Waals surface area contributed by atoms with Crippen molar-refractivity contribution < 1.29 is 4.74 Å². The van der Waals surface area contributed by atoms with Crippen molar-refractivity contribution in [1.82, 2.24) is 0 Å². The molecule has 0 fully saturated rings. The van der Waals surface area contributed by atoms with Crippen molar-refractivity contribution in [2.75, 3.05) is 13.2 Å². The number of allylic oxidation sites excluding steroid dienone is 3. The highest BCUT2D eigenvalue weighted by Crippen LogP contribution is 2.30.